The maximum Gasteiger partial charge on any atom is 0.0866 e. The molecule has 1 unspecified atom stereocenters. The summed E-state index contributed by atoms with van der Waals surface area (Å²) in [6, 6.07) is 11.9. The SMILES string of the molecule is CC1=C(C[Si](C)(C)C)COC(c2ccccc2)C1. The average molecular weight is 260 g/mol. The lowest BCUT2D eigenvalue weighted by Crippen LogP contribution is -2.24. The second kappa shape index (κ2) is 5.41. The lowest BCUT2D eigenvalue weighted by Gasteiger charge is -2.29. The molecule has 1 heterocycles. The van der Waals surface area contributed by atoms with E-state index in [-0.39, 0.29) is 6.10 Å². The van der Waals surface area contributed by atoms with Crippen molar-refractivity contribution in [1.82, 2.24) is 0 Å². The first-order valence-corrected chi connectivity index (χ1v) is 10.5. The lowest BCUT2D eigenvalue weighted by molar-refractivity contribution is 0.0577. The van der Waals surface area contributed by atoms with Gasteiger partial charge in [-0.25, -0.2) is 0 Å². The van der Waals surface area contributed by atoms with Crippen molar-refractivity contribution in [3.05, 3.63) is 47.0 Å². The minimum absolute atomic E-state index is 0.261. The molecule has 0 spiro atoms. The van der Waals surface area contributed by atoms with Gasteiger partial charge in [-0.3, -0.25) is 0 Å². The van der Waals surface area contributed by atoms with Crippen LogP contribution < -0.4 is 0 Å². The van der Waals surface area contributed by atoms with Crippen LogP contribution in [0.3, 0.4) is 0 Å². The molecule has 0 saturated heterocycles. The number of hydrogen-bond acceptors (Lipinski definition) is 1. The van der Waals surface area contributed by atoms with Gasteiger partial charge in [0.1, 0.15) is 0 Å². The van der Waals surface area contributed by atoms with Crippen molar-refractivity contribution in [2.75, 3.05) is 6.61 Å². The fourth-order valence-corrected chi connectivity index (χ4v) is 4.21. The smallest absolute Gasteiger partial charge is 0.0866 e. The van der Waals surface area contributed by atoms with Crippen LogP contribution in [0.4, 0.5) is 0 Å². The molecule has 1 aromatic carbocycles. The Morgan fingerprint density at radius 1 is 1.17 bits per heavy atom. The third kappa shape index (κ3) is 3.56. The third-order valence-corrected chi connectivity index (χ3v) is 4.96. The number of hydrogen-bond donors (Lipinski definition) is 0. The lowest BCUT2D eigenvalue weighted by atomic mass is 9.97. The first kappa shape index (κ1) is 13.6. The molecule has 0 amide bonds. The normalized spacial score (nSPS) is 21.2. The van der Waals surface area contributed by atoms with E-state index in [0.717, 1.165) is 13.0 Å². The van der Waals surface area contributed by atoms with Gasteiger partial charge in [-0.05, 0) is 30.5 Å². The minimum Gasteiger partial charge on any atom is -0.369 e. The molecule has 0 saturated carbocycles. The zero-order valence-electron chi connectivity index (χ0n) is 12.0. The first-order chi connectivity index (χ1) is 8.46. The molecule has 1 aliphatic rings. The second-order valence-electron chi connectivity index (χ2n) is 6.54. The summed E-state index contributed by atoms with van der Waals surface area (Å²) < 4.78 is 6.06. The number of ether oxygens (including phenoxy) is 1. The Morgan fingerprint density at radius 3 is 2.39 bits per heavy atom. The zero-order valence-corrected chi connectivity index (χ0v) is 13.0. The molecule has 1 atom stereocenters. The van der Waals surface area contributed by atoms with Crippen LogP contribution in [-0.4, -0.2) is 14.7 Å². The largest absolute Gasteiger partial charge is 0.369 e. The summed E-state index contributed by atoms with van der Waals surface area (Å²) in [5.41, 5.74) is 4.42. The van der Waals surface area contributed by atoms with Crippen LogP contribution in [0, 0.1) is 0 Å². The fraction of sp³-hybridized carbons (Fsp3) is 0.500. The summed E-state index contributed by atoms with van der Waals surface area (Å²) in [5, 5.41) is 0. The van der Waals surface area contributed by atoms with Gasteiger partial charge in [0, 0.05) is 8.07 Å². The van der Waals surface area contributed by atoms with Gasteiger partial charge in [0.25, 0.3) is 0 Å². The van der Waals surface area contributed by atoms with Crippen molar-refractivity contribution in [2.45, 2.75) is 45.1 Å². The average Bonchev–Trinajstić information content (AvgIpc) is 2.31. The van der Waals surface area contributed by atoms with Crippen LogP contribution in [0.25, 0.3) is 0 Å². The number of rotatable bonds is 3. The van der Waals surface area contributed by atoms with E-state index < -0.39 is 8.07 Å². The van der Waals surface area contributed by atoms with Crippen LogP contribution in [0.5, 0.6) is 0 Å². The van der Waals surface area contributed by atoms with Crippen molar-refractivity contribution >= 4 is 8.07 Å². The molecule has 2 heteroatoms. The predicted molar refractivity (Wildman–Crippen MR) is 80.6 cm³/mol. The van der Waals surface area contributed by atoms with Gasteiger partial charge in [0.05, 0.1) is 12.7 Å². The Bertz CT molecular complexity index is 428. The van der Waals surface area contributed by atoms with E-state index in [9.17, 15) is 0 Å². The van der Waals surface area contributed by atoms with Gasteiger partial charge in [-0.1, -0.05) is 55.5 Å². The van der Waals surface area contributed by atoms with Gasteiger partial charge >= 0.3 is 0 Å². The molecule has 0 N–H and O–H groups in total. The third-order valence-electron chi connectivity index (χ3n) is 3.47. The van der Waals surface area contributed by atoms with Crippen LogP contribution in [-0.2, 0) is 4.74 Å². The van der Waals surface area contributed by atoms with Gasteiger partial charge in [0.2, 0.25) is 0 Å². The highest BCUT2D eigenvalue weighted by Gasteiger charge is 2.24. The zero-order chi connectivity index (χ0) is 13.2. The van der Waals surface area contributed by atoms with Crippen molar-refractivity contribution in [3.8, 4) is 0 Å². The molecule has 0 aliphatic carbocycles. The molecule has 0 fully saturated rings. The molecule has 0 bridgehead atoms. The summed E-state index contributed by atoms with van der Waals surface area (Å²) in [5.74, 6) is 0. The topological polar surface area (TPSA) is 9.23 Å². The highest BCUT2D eigenvalue weighted by atomic mass is 28.3. The molecular weight excluding hydrogens is 236 g/mol. The quantitative estimate of drug-likeness (QED) is 0.560. The van der Waals surface area contributed by atoms with Crippen molar-refractivity contribution in [3.63, 3.8) is 0 Å². The Labute approximate surface area is 112 Å². The summed E-state index contributed by atoms with van der Waals surface area (Å²) in [6.07, 6.45) is 1.32. The molecule has 1 aromatic rings. The van der Waals surface area contributed by atoms with Crippen molar-refractivity contribution in [1.29, 1.82) is 0 Å². The van der Waals surface area contributed by atoms with Gasteiger partial charge in [-0.15, -0.1) is 0 Å². The van der Waals surface area contributed by atoms with E-state index in [0.29, 0.717) is 0 Å². The van der Waals surface area contributed by atoms with Crippen LogP contribution in [0.2, 0.25) is 25.7 Å². The van der Waals surface area contributed by atoms with E-state index in [2.05, 4.69) is 56.9 Å². The molecule has 0 aromatic heterocycles. The van der Waals surface area contributed by atoms with Crippen molar-refractivity contribution < 1.29 is 4.74 Å². The minimum atomic E-state index is -1.03. The Balaban J connectivity index is 2.08. The molecule has 1 aliphatic heterocycles. The van der Waals surface area contributed by atoms with Crippen molar-refractivity contribution in [2.24, 2.45) is 0 Å². The predicted octanol–water partition coefficient (Wildman–Crippen LogP) is 4.80. The van der Waals surface area contributed by atoms with E-state index in [1.165, 1.54) is 11.6 Å². The summed E-state index contributed by atoms with van der Waals surface area (Å²) in [4.78, 5) is 0. The maximum atomic E-state index is 6.06. The second-order valence-corrected chi connectivity index (χ2v) is 12.0. The highest BCUT2D eigenvalue weighted by molar-refractivity contribution is 6.76. The Kier molecular flexibility index (Phi) is 4.08. The fourth-order valence-electron chi connectivity index (χ4n) is 2.53. The number of benzene rings is 1. The Morgan fingerprint density at radius 2 is 1.83 bits per heavy atom. The van der Waals surface area contributed by atoms with E-state index in [4.69, 9.17) is 4.74 Å². The molecule has 98 valence electrons. The van der Waals surface area contributed by atoms with Gasteiger partial charge in [-0.2, -0.15) is 0 Å². The van der Waals surface area contributed by atoms with Gasteiger partial charge in [0.15, 0.2) is 0 Å². The van der Waals surface area contributed by atoms with Crippen LogP contribution >= 0.6 is 0 Å². The molecule has 0 radical (unpaired) electrons. The first-order valence-electron chi connectivity index (χ1n) is 6.80. The molecule has 2 rings (SSSR count). The van der Waals surface area contributed by atoms with Crippen LogP contribution in [0.15, 0.2) is 41.5 Å². The van der Waals surface area contributed by atoms with E-state index >= 15 is 0 Å². The summed E-state index contributed by atoms with van der Waals surface area (Å²) in [6.45, 7) is 10.4. The standard InChI is InChI=1S/C16H24OSi/c1-13-10-16(14-8-6-5-7-9-14)17-11-15(13)12-18(2,3)4/h5-9,16H,10-12H2,1-4H3. The monoisotopic (exact) mass is 260 g/mol. The molecular formula is C16H24OSi. The van der Waals surface area contributed by atoms with Crippen LogP contribution in [0.1, 0.15) is 25.0 Å². The highest BCUT2D eigenvalue weighted by Crippen LogP contribution is 2.34. The van der Waals surface area contributed by atoms with E-state index in [1.807, 2.05) is 0 Å². The molecule has 1 nitrogen and oxygen atoms in total. The summed E-state index contributed by atoms with van der Waals surface area (Å²) >= 11 is 0. The molecule has 18 heavy (non-hydrogen) atoms. The summed E-state index contributed by atoms with van der Waals surface area (Å²) in [7, 11) is -1.03. The Hall–Kier alpha value is -0.863. The maximum absolute atomic E-state index is 6.06. The van der Waals surface area contributed by atoms with E-state index in [1.54, 1.807) is 11.1 Å². The van der Waals surface area contributed by atoms with Gasteiger partial charge < -0.3 is 4.74 Å².